The monoisotopic (exact) mass is 916 g/mol. The second-order valence-corrected chi connectivity index (χ2v) is 18.0. The van der Waals surface area contributed by atoms with Crippen LogP contribution in [0.5, 0.6) is 0 Å². The molecule has 5 atom stereocenters. The van der Waals surface area contributed by atoms with E-state index in [1.54, 1.807) is 0 Å². The Labute approximate surface area is 371 Å². The number of aliphatic hydroxyl groups excluding tert-OH is 1. The van der Waals surface area contributed by atoms with E-state index < -0.39 is 66.2 Å². The lowest BCUT2D eigenvalue weighted by atomic mass is 10.1. The van der Waals surface area contributed by atoms with E-state index in [0.29, 0.717) is 31.5 Å². The standard InChI is InChI=1S/C46H78O14P2/c1-3-5-7-8-9-10-11-12-13-14-15-16-17-18-19-20-25-28-32-36-46(49)59-42(40-58-62(53,54)57-38-41(47)37-56-61(50,51)52)39-55-45(48)35-31-27-24-22-21-23-26-30-34-44-43(60-44)33-29-6-4-2/h9-10,12-13,15-16,18-19,25-26,28,30,41-44,47H,3-8,11,14,17,20-24,27,29,31-40H2,1-2H3,(H,53,54)(H2,50,51,52)/b10-9-,13-12-,16-15-,19-18-,28-25-,30-26-/t41-,42+,43?,44?/m0/s1. The number of phosphoric acid groups is 2. The van der Waals surface area contributed by atoms with Gasteiger partial charge in [0.25, 0.3) is 0 Å². The zero-order valence-corrected chi connectivity index (χ0v) is 39.2. The molecule has 1 fully saturated rings. The number of carbonyl (C=O) groups excluding carboxylic acids is 2. The summed E-state index contributed by atoms with van der Waals surface area (Å²) in [7, 11) is -9.72. The Morgan fingerprint density at radius 2 is 1.08 bits per heavy atom. The maximum absolute atomic E-state index is 12.7. The zero-order chi connectivity index (χ0) is 45.6. The zero-order valence-electron chi connectivity index (χ0n) is 37.4. The Hall–Kier alpha value is -2.48. The molecule has 1 saturated heterocycles. The SMILES string of the molecule is CCCCC/C=C\C/C=C\C/C=C\C/C=C\C/C=C\CCC(=O)O[C@H](COC(=O)CCCCCCC/C=C\CC1OC1CCCCC)COP(=O)(O)OC[C@@H](O)COP(=O)(O)O. The molecule has 356 valence electrons. The van der Waals surface area contributed by atoms with Gasteiger partial charge in [-0.2, -0.15) is 0 Å². The minimum Gasteiger partial charge on any atom is -0.462 e. The molecule has 0 aromatic carbocycles. The second-order valence-electron chi connectivity index (χ2n) is 15.4. The molecule has 0 saturated carbocycles. The minimum absolute atomic E-state index is 0.00106. The van der Waals surface area contributed by atoms with Gasteiger partial charge in [-0.15, -0.1) is 0 Å². The Bertz CT molecular complexity index is 1440. The molecular formula is C46H78O14P2. The lowest BCUT2D eigenvalue weighted by molar-refractivity contribution is -0.161. The number of rotatable bonds is 41. The molecule has 0 amide bonds. The van der Waals surface area contributed by atoms with Gasteiger partial charge in [0, 0.05) is 12.8 Å². The minimum atomic E-state index is -4.88. The van der Waals surface area contributed by atoms with E-state index in [1.807, 2.05) is 18.2 Å². The molecule has 1 aliphatic rings. The van der Waals surface area contributed by atoms with Crippen LogP contribution in [0.2, 0.25) is 0 Å². The van der Waals surface area contributed by atoms with Crippen LogP contribution < -0.4 is 0 Å². The van der Waals surface area contributed by atoms with E-state index in [0.717, 1.165) is 70.6 Å². The van der Waals surface area contributed by atoms with Gasteiger partial charge in [0.05, 0.1) is 32.0 Å². The molecule has 3 unspecified atom stereocenters. The summed E-state index contributed by atoms with van der Waals surface area (Å²) in [6.45, 7) is 1.59. The van der Waals surface area contributed by atoms with Crippen LogP contribution in [-0.2, 0) is 46.5 Å². The summed E-state index contributed by atoms with van der Waals surface area (Å²) in [5.41, 5.74) is 0. The highest BCUT2D eigenvalue weighted by Crippen LogP contribution is 2.44. The fourth-order valence-electron chi connectivity index (χ4n) is 5.92. The molecule has 0 radical (unpaired) electrons. The number of esters is 2. The predicted octanol–water partition coefficient (Wildman–Crippen LogP) is 10.8. The van der Waals surface area contributed by atoms with E-state index in [-0.39, 0.29) is 12.8 Å². The third-order valence-electron chi connectivity index (χ3n) is 9.50. The number of phosphoric ester groups is 2. The summed E-state index contributed by atoms with van der Waals surface area (Å²) in [5, 5.41) is 9.75. The van der Waals surface area contributed by atoms with Crippen LogP contribution in [0.25, 0.3) is 0 Å². The van der Waals surface area contributed by atoms with Gasteiger partial charge >= 0.3 is 27.6 Å². The molecule has 4 N–H and O–H groups in total. The van der Waals surface area contributed by atoms with Crippen molar-refractivity contribution in [2.24, 2.45) is 0 Å². The molecule has 14 nitrogen and oxygen atoms in total. The van der Waals surface area contributed by atoms with Crippen molar-refractivity contribution < 1.29 is 66.3 Å². The highest BCUT2D eigenvalue weighted by Gasteiger charge is 2.36. The number of allylic oxidation sites excluding steroid dienone is 11. The smallest absolute Gasteiger partial charge is 0.462 e. The van der Waals surface area contributed by atoms with Crippen LogP contribution in [0.1, 0.15) is 155 Å². The Morgan fingerprint density at radius 1 is 0.565 bits per heavy atom. The van der Waals surface area contributed by atoms with Crippen molar-refractivity contribution in [3.05, 3.63) is 72.9 Å². The third kappa shape index (κ3) is 38.0. The lowest BCUT2D eigenvalue weighted by Gasteiger charge is -2.20. The van der Waals surface area contributed by atoms with Gasteiger partial charge in [-0.1, -0.05) is 138 Å². The van der Waals surface area contributed by atoms with Crippen LogP contribution in [0, 0.1) is 0 Å². The van der Waals surface area contributed by atoms with E-state index >= 15 is 0 Å². The summed E-state index contributed by atoms with van der Waals surface area (Å²) in [6.07, 6.45) is 43.6. The fourth-order valence-corrected chi connectivity index (χ4v) is 7.08. The highest BCUT2D eigenvalue weighted by molar-refractivity contribution is 7.47. The largest absolute Gasteiger partial charge is 0.472 e. The second kappa shape index (κ2) is 37.9. The van der Waals surface area contributed by atoms with Gasteiger partial charge in [-0.3, -0.25) is 23.2 Å². The van der Waals surface area contributed by atoms with Crippen molar-refractivity contribution in [3.8, 4) is 0 Å². The number of aliphatic hydroxyl groups is 1. The first kappa shape index (κ1) is 57.5. The Balaban J connectivity index is 2.41. The van der Waals surface area contributed by atoms with Gasteiger partial charge in [0.15, 0.2) is 6.10 Å². The van der Waals surface area contributed by atoms with E-state index in [1.165, 1.54) is 38.5 Å². The summed E-state index contributed by atoms with van der Waals surface area (Å²) in [5.74, 6) is -1.15. The maximum Gasteiger partial charge on any atom is 0.472 e. The van der Waals surface area contributed by atoms with Crippen molar-refractivity contribution in [2.45, 2.75) is 180 Å². The number of hydrogen-bond donors (Lipinski definition) is 4. The number of unbranched alkanes of at least 4 members (excludes halogenated alkanes) is 10. The number of hydrogen-bond acceptors (Lipinski definition) is 11. The van der Waals surface area contributed by atoms with Crippen molar-refractivity contribution in [1.82, 2.24) is 0 Å². The van der Waals surface area contributed by atoms with Crippen LogP contribution in [0.3, 0.4) is 0 Å². The van der Waals surface area contributed by atoms with Crippen LogP contribution in [-0.4, -0.2) is 82.6 Å². The highest BCUT2D eigenvalue weighted by atomic mass is 31.2. The fraction of sp³-hybridized carbons (Fsp3) is 0.696. The molecule has 0 aliphatic carbocycles. The summed E-state index contributed by atoms with van der Waals surface area (Å²) >= 11 is 0. The molecule has 1 heterocycles. The van der Waals surface area contributed by atoms with Gasteiger partial charge in [0.1, 0.15) is 12.7 Å². The average Bonchev–Trinajstić information content (AvgIpc) is 3.99. The van der Waals surface area contributed by atoms with Crippen molar-refractivity contribution >= 4 is 27.6 Å². The number of epoxide rings is 1. The maximum atomic E-state index is 12.7. The van der Waals surface area contributed by atoms with E-state index in [2.05, 4.69) is 77.6 Å². The van der Waals surface area contributed by atoms with Crippen molar-refractivity contribution in [2.75, 3.05) is 26.4 Å². The molecule has 62 heavy (non-hydrogen) atoms. The van der Waals surface area contributed by atoms with E-state index in [4.69, 9.17) is 28.5 Å². The number of carbonyl (C=O) groups is 2. The van der Waals surface area contributed by atoms with Crippen molar-refractivity contribution in [1.29, 1.82) is 0 Å². The van der Waals surface area contributed by atoms with Gasteiger partial charge in [-0.05, 0) is 77.0 Å². The predicted molar refractivity (Wildman–Crippen MR) is 243 cm³/mol. The topological polar surface area (TPSA) is 208 Å². The Kier molecular flexibility index (Phi) is 35.1. The molecule has 0 bridgehead atoms. The molecule has 0 aromatic rings. The van der Waals surface area contributed by atoms with Gasteiger partial charge in [-0.25, -0.2) is 9.13 Å². The number of ether oxygens (including phenoxy) is 3. The van der Waals surface area contributed by atoms with Crippen LogP contribution >= 0.6 is 15.6 Å². The van der Waals surface area contributed by atoms with E-state index in [9.17, 15) is 28.7 Å². The molecule has 16 heteroatoms. The first-order valence-corrected chi connectivity index (χ1v) is 25.8. The summed E-state index contributed by atoms with van der Waals surface area (Å²) in [4.78, 5) is 52.7. The van der Waals surface area contributed by atoms with Crippen LogP contribution in [0.4, 0.5) is 0 Å². The summed E-state index contributed by atoms with van der Waals surface area (Å²) < 4.78 is 53.5. The first-order chi connectivity index (χ1) is 29.8. The third-order valence-corrected chi connectivity index (χ3v) is 10.9. The average molecular weight is 917 g/mol. The lowest BCUT2D eigenvalue weighted by Crippen LogP contribution is -2.29. The molecule has 1 rings (SSSR count). The first-order valence-electron chi connectivity index (χ1n) is 22.8. The van der Waals surface area contributed by atoms with Crippen LogP contribution in [0.15, 0.2) is 72.9 Å². The molecular weight excluding hydrogens is 838 g/mol. The molecule has 1 aliphatic heterocycles. The normalized spacial score (nSPS) is 17.9. The Morgan fingerprint density at radius 3 is 1.71 bits per heavy atom. The quantitative estimate of drug-likeness (QED) is 0.0148. The van der Waals surface area contributed by atoms with Gasteiger partial charge in [0.2, 0.25) is 0 Å². The molecule has 0 spiro atoms. The molecule has 0 aromatic heterocycles. The van der Waals surface area contributed by atoms with Gasteiger partial charge < -0.3 is 34.0 Å². The summed E-state index contributed by atoms with van der Waals surface area (Å²) in [6, 6.07) is 0. The van der Waals surface area contributed by atoms with Crippen molar-refractivity contribution in [3.63, 3.8) is 0 Å².